The Balaban J connectivity index is 2.03. The van der Waals surface area contributed by atoms with E-state index in [1.807, 2.05) is 24.3 Å². The van der Waals surface area contributed by atoms with Crippen molar-refractivity contribution in [2.75, 3.05) is 6.61 Å². The standard InChI is InChI=1S/C20H15BrClNO3S/c1-2-26-20(25)17-18(24)16(10-12-6-8-13(21)9-7-12)27-19(17)23-15-5-3-4-14(22)11-15/h3-11,24H,2H2,1H3/b16-10-,23-19?. The number of thioether (sulfide) groups is 1. The van der Waals surface area contributed by atoms with E-state index in [1.54, 1.807) is 37.3 Å². The van der Waals surface area contributed by atoms with Gasteiger partial charge in [0.15, 0.2) is 0 Å². The molecule has 138 valence electrons. The fraction of sp³-hybridized carbons (Fsp3) is 0.100. The SMILES string of the molecule is CCOC(=O)C1=C(O)/C(=C/c2ccc(Br)cc2)SC1=Nc1cccc(Cl)c1. The van der Waals surface area contributed by atoms with Gasteiger partial charge in [-0.1, -0.05) is 57.5 Å². The Morgan fingerprint density at radius 3 is 2.70 bits per heavy atom. The van der Waals surface area contributed by atoms with Crippen LogP contribution in [-0.4, -0.2) is 22.7 Å². The number of rotatable bonds is 4. The van der Waals surface area contributed by atoms with Gasteiger partial charge in [-0.05, 0) is 48.9 Å². The molecule has 0 bridgehead atoms. The number of nitrogens with zero attached hydrogens (tertiary/aromatic N) is 1. The number of carbonyl (C=O) groups excluding carboxylic acids is 1. The molecule has 0 unspecified atom stereocenters. The molecule has 2 aromatic carbocycles. The van der Waals surface area contributed by atoms with E-state index in [0.717, 1.165) is 10.0 Å². The third-order valence-corrected chi connectivity index (χ3v) is 5.36. The summed E-state index contributed by atoms with van der Waals surface area (Å²) in [6.45, 7) is 1.92. The lowest BCUT2D eigenvalue weighted by Crippen LogP contribution is -2.12. The first-order valence-corrected chi connectivity index (χ1v) is 10.1. The van der Waals surface area contributed by atoms with Gasteiger partial charge in [-0.2, -0.15) is 0 Å². The van der Waals surface area contributed by atoms with Crippen molar-refractivity contribution < 1.29 is 14.6 Å². The summed E-state index contributed by atoms with van der Waals surface area (Å²) in [5.74, 6) is -0.746. The summed E-state index contributed by atoms with van der Waals surface area (Å²) < 4.78 is 6.05. The molecule has 0 aromatic heterocycles. The predicted octanol–water partition coefficient (Wildman–Crippen LogP) is 6.30. The minimum absolute atomic E-state index is 0.0604. The highest BCUT2D eigenvalue weighted by Crippen LogP contribution is 2.40. The molecule has 0 fully saturated rings. The van der Waals surface area contributed by atoms with E-state index < -0.39 is 5.97 Å². The molecule has 0 amide bonds. The quantitative estimate of drug-likeness (QED) is 0.540. The molecule has 0 atom stereocenters. The molecular weight excluding hydrogens is 450 g/mol. The molecule has 1 aliphatic rings. The van der Waals surface area contributed by atoms with Crippen LogP contribution < -0.4 is 0 Å². The number of benzene rings is 2. The molecule has 0 saturated carbocycles. The van der Waals surface area contributed by atoms with Crippen molar-refractivity contribution >= 4 is 62.1 Å². The van der Waals surface area contributed by atoms with E-state index in [2.05, 4.69) is 20.9 Å². The van der Waals surface area contributed by atoms with Crippen molar-refractivity contribution in [2.24, 2.45) is 4.99 Å². The van der Waals surface area contributed by atoms with E-state index in [9.17, 15) is 9.90 Å². The van der Waals surface area contributed by atoms with Crippen molar-refractivity contribution in [3.63, 3.8) is 0 Å². The molecule has 0 spiro atoms. The number of esters is 1. The second kappa shape index (κ2) is 8.78. The highest BCUT2D eigenvalue weighted by atomic mass is 79.9. The second-order valence-corrected chi connectivity index (χ2v) is 7.89. The maximum atomic E-state index is 12.4. The Morgan fingerprint density at radius 1 is 1.30 bits per heavy atom. The number of aliphatic imine (C=N–C) groups is 1. The van der Waals surface area contributed by atoms with Crippen LogP contribution in [0.3, 0.4) is 0 Å². The van der Waals surface area contributed by atoms with Crippen molar-refractivity contribution in [3.05, 3.63) is 79.8 Å². The number of ether oxygens (including phenoxy) is 1. The minimum Gasteiger partial charge on any atom is -0.506 e. The zero-order valence-electron chi connectivity index (χ0n) is 14.3. The van der Waals surface area contributed by atoms with Crippen LogP contribution >= 0.6 is 39.3 Å². The van der Waals surface area contributed by atoms with Gasteiger partial charge in [0.1, 0.15) is 16.4 Å². The van der Waals surface area contributed by atoms with Gasteiger partial charge in [0.05, 0.1) is 17.2 Å². The lowest BCUT2D eigenvalue weighted by molar-refractivity contribution is -0.138. The maximum absolute atomic E-state index is 12.4. The summed E-state index contributed by atoms with van der Waals surface area (Å²) in [6.07, 6.45) is 1.80. The van der Waals surface area contributed by atoms with Crippen LogP contribution in [0.1, 0.15) is 12.5 Å². The zero-order valence-corrected chi connectivity index (χ0v) is 17.4. The number of carbonyl (C=O) groups is 1. The van der Waals surface area contributed by atoms with E-state index in [0.29, 0.717) is 20.7 Å². The lowest BCUT2D eigenvalue weighted by atomic mass is 10.1. The van der Waals surface area contributed by atoms with Gasteiger partial charge in [0.2, 0.25) is 0 Å². The summed E-state index contributed by atoms with van der Waals surface area (Å²) >= 11 is 10.6. The van der Waals surface area contributed by atoms with E-state index >= 15 is 0 Å². The Bertz CT molecular complexity index is 967. The first-order valence-electron chi connectivity index (χ1n) is 8.08. The monoisotopic (exact) mass is 463 g/mol. The van der Waals surface area contributed by atoms with E-state index in [-0.39, 0.29) is 17.9 Å². The van der Waals surface area contributed by atoms with Gasteiger partial charge in [-0.3, -0.25) is 0 Å². The zero-order chi connectivity index (χ0) is 19.4. The van der Waals surface area contributed by atoms with Gasteiger partial charge < -0.3 is 9.84 Å². The van der Waals surface area contributed by atoms with Crippen LogP contribution in [0.25, 0.3) is 6.08 Å². The maximum Gasteiger partial charge on any atom is 0.344 e. The molecule has 1 N–H and O–H groups in total. The number of aliphatic hydroxyl groups is 1. The van der Waals surface area contributed by atoms with Crippen molar-refractivity contribution in [3.8, 4) is 0 Å². The molecule has 0 saturated heterocycles. The van der Waals surface area contributed by atoms with Gasteiger partial charge in [0, 0.05) is 9.50 Å². The van der Waals surface area contributed by atoms with E-state index in [4.69, 9.17) is 16.3 Å². The van der Waals surface area contributed by atoms with Crippen LogP contribution in [0, 0.1) is 0 Å². The number of hydrogen-bond acceptors (Lipinski definition) is 5. The van der Waals surface area contributed by atoms with Crippen molar-refractivity contribution in [2.45, 2.75) is 6.92 Å². The molecule has 7 heteroatoms. The average Bonchev–Trinajstić information content (AvgIpc) is 2.92. The van der Waals surface area contributed by atoms with Crippen LogP contribution in [-0.2, 0) is 9.53 Å². The van der Waals surface area contributed by atoms with Gasteiger partial charge in [-0.25, -0.2) is 9.79 Å². The number of halogens is 2. The third-order valence-electron chi connectivity index (χ3n) is 3.58. The molecule has 1 aliphatic heterocycles. The molecule has 3 rings (SSSR count). The first-order chi connectivity index (χ1) is 13.0. The minimum atomic E-state index is -0.609. The van der Waals surface area contributed by atoms with Crippen molar-refractivity contribution in [1.82, 2.24) is 0 Å². The molecule has 4 nitrogen and oxygen atoms in total. The van der Waals surface area contributed by atoms with Crippen molar-refractivity contribution in [1.29, 1.82) is 0 Å². The smallest absolute Gasteiger partial charge is 0.344 e. The molecule has 0 radical (unpaired) electrons. The Labute approximate surface area is 174 Å². The molecule has 0 aliphatic carbocycles. The number of aliphatic hydroxyl groups excluding tert-OH is 1. The fourth-order valence-corrected chi connectivity index (χ4v) is 3.85. The summed E-state index contributed by atoms with van der Waals surface area (Å²) in [5, 5.41) is 11.5. The summed E-state index contributed by atoms with van der Waals surface area (Å²) in [7, 11) is 0. The molecule has 1 heterocycles. The third kappa shape index (κ3) is 4.83. The lowest BCUT2D eigenvalue weighted by Gasteiger charge is -2.04. The Hall–Kier alpha value is -2.02. The van der Waals surface area contributed by atoms with Crippen LogP contribution in [0.15, 0.2) is 74.2 Å². The highest BCUT2D eigenvalue weighted by Gasteiger charge is 2.33. The van der Waals surface area contributed by atoms with Gasteiger partial charge >= 0.3 is 5.97 Å². The predicted molar refractivity (Wildman–Crippen MR) is 115 cm³/mol. The molecule has 27 heavy (non-hydrogen) atoms. The Morgan fingerprint density at radius 2 is 2.04 bits per heavy atom. The molecule has 2 aromatic rings. The van der Waals surface area contributed by atoms with Gasteiger partial charge in [-0.15, -0.1) is 0 Å². The number of hydrogen-bond donors (Lipinski definition) is 1. The fourth-order valence-electron chi connectivity index (χ4n) is 2.37. The first kappa shape index (κ1) is 19.7. The Kier molecular flexibility index (Phi) is 6.42. The van der Waals surface area contributed by atoms with E-state index in [1.165, 1.54) is 11.8 Å². The van der Waals surface area contributed by atoms with Crippen LogP contribution in [0.5, 0.6) is 0 Å². The highest BCUT2D eigenvalue weighted by molar-refractivity contribution is 9.10. The topological polar surface area (TPSA) is 58.9 Å². The van der Waals surface area contributed by atoms with Crippen LogP contribution in [0.2, 0.25) is 5.02 Å². The summed E-state index contributed by atoms with van der Waals surface area (Å²) in [4.78, 5) is 17.4. The summed E-state index contributed by atoms with van der Waals surface area (Å²) in [5.41, 5.74) is 1.54. The van der Waals surface area contributed by atoms with Crippen LogP contribution in [0.4, 0.5) is 5.69 Å². The largest absolute Gasteiger partial charge is 0.506 e. The summed E-state index contributed by atoms with van der Waals surface area (Å²) in [6, 6.07) is 14.6. The van der Waals surface area contributed by atoms with Gasteiger partial charge in [0.25, 0.3) is 0 Å². The second-order valence-electron chi connectivity index (χ2n) is 5.50. The molecular formula is C20H15BrClNO3S. The average molecular weight is 465 g/mol. The normalized spacial score (nSPS) is 17.0.